The van der Waals surface area contributed by atoms with Gasteiger partial charge in [0.25, 0.3) is 5.17 Å². The predicted molar refractivity (Wildman–Crippen MR) is 90.2 cm³/mol. The molecule has 2 rings (SSSR count). The molecule has 0 spiro atoms. The Bertz CT molecular complexity index is 445. The second-order valence-electron chi connectivity index (χ2n) is 5.16. The quantitative estimate of drug-likeness (QED) is 0.836. The molecule has 1 heterocycles. The molecule has 0 bridgehead atoms. The molecular weight excluding hydrogens is 286 g/mol. The normalized spacial score (nSPS) is 15.5. The van der Waals surface area contributed by atoms with Crippen molar-refractivity contribution in [2.75, 3.05) is 63.8 Å². The van der Waals surface area contributed by atoms with Gasteiger partial charge in [0.05, 0.1) is 13.2 Å². The lowest BCUT2D eigenvalue weighted by Crippen LogP contribution is -2.38. The van der Waals surface area contributed by atoms with Crippen LogP contribution in [0.5, 0.6) is 0 Å². The van der Waals surface area contributed by atoms with E-state index in [1.165, 1.54) is 0 Å². The first kappa shape index (κ1) is 16.0. The van der Waals surface area contributed by atoms with Gasteiger partial charge < -0.3 is 19.7 Å². The Balaban J connectivity index is 1.68. The Hall–Kier alpha value is -1.37. The Morgan fingerprint density at radius 1 is 1.29 bits per heavy atom. The summed E-state index contributed by atoms with van der Waals surface area (Å²) < 4.78 is 10.9. The van der Waals surface area contributed by atoms with Crippen molar-refractivity contribution in [2.24, 2.45) is 0 Å². The van der Waals surface area contributed by atoms with Gasteiger partial charge in [-0.05, 0) is 36.5 Å². The van der Waals surface area contributed by atoms with E-state index in [1.54, 1.807) is 0 Å². The number of morpholine rings is 1. The lowest BCUT2D eigenvalue weighted by molar-refractivity contribution is 0.0317. The summed E-state index contributed by atoms with van der Waals surface area (Å²) in [7, 11) is 4.03. The second-order valence-corrected chi connectivity index (χ2v) is 5.53. The number of benzene rings is 1. The maximum absolute atomic E-state index is 5.55. The molecule has 0 saturated carbocycles. The third kappa shape index (κ3) is 5.49. The van der Waals surface area contributed by atoms with Crippen LogP contribution >= 0.6 is 12.2 Å². The summed E-state index contributed by atoms with van der Waals surface area (Å²) in [5.74, 6) is 0. The lowest BCUT2D eigenvalue weighted by atomic mass is 10.2. The van der Waals surface area contributed by atoms with Crippen molar-refractivity contribution in [1.29, 1.82) is 0 Å². The van der Waals surface area contributed by atoms with E-state index in [0.717, 1.165) is 44.2 Å². The summed E-state index contributed by atoms with van der Waals surface area (Å²) in [4.78, 5) is 4.37. The van der Waals surface area contributed by atoms with Crippen LogP contribution in [0, 0.1) is 0 Å². The lowest BCUT2D eigenvalue weighted by Gasteiger charge is -2.26. The van der Waals surface area contributed by atoms with Crippen molar-refractivity contribution in [3.8, 4) is 0 Å². The van der Waals surface area contributed by atoms with Gasteiger partial charge in [0.15, 0.2) is 0 Å². The highest BCUT2D eigenvalue weighted by molar-refractivity contribution is 7.80. The van der Waals surface area contributed by atoms with E-state index in [2.05, 4.69) is 15.1 Å². The van der Waals surface area contributed by atoms with Crippen LogP contribution in [0.2, 0.25) is 0 Å². The first-order valence-corrected chi connectivity index (χ1v) is 7.57. The van der Waals surface area contributed by atoms with E-state index < -0.39 is 0 Å². The van der Waals surface area contributed by atoms with Gasteiger partial charge in [-0.1, -0.05) is 0 Å². The van der Waals surface area contributed by atoms with Crippen LogP contribution in [0.4, 0.5) is 11.4 Å². The Morgan fingerprint density at radius 2 is 1.95 bits per heavy atom. The molecule has 1 aliphatic rings. The molecule has 1 fully saturated rings. The van der Waals surface area contributed by atoms with Crippen LogP contribution in [0.25, 0.3) is 0 Å². The van der Waals surface area contributed by atoms with E-state index in [9.17, 15) is 0 Å². The third-order valence-electron chi connectivity index (χ3n) is 3.37. The first-order valence-electron chi connectivity index (χ1n) is 7.16. The zero-order chi connectivity index (χ0) is 15.1. The fourth-order valence-electron chi connectivity index (χ4n) is 2.09. The molecule has 1 aromatic carbocycles. The van der Waals surface area contributed by atoms with Gasteiger partial charge in [0, 0.05) is 45.1 Å². The number of thiocarbonyl (C=S) groups is 1. The number of ether oxygens (including phenoxy) is 2. The van der Waals surface area contributed by atoms with Gasteiger partial charge >= 0.3 is 0 Å². The van der Waals surface area contributed by atoms with E-state index in [0.29, 0.717) is 11.8 Å². The fraction of sp³-hybridized carbons (Fsp3) is 0.533. The molecule has 0 aromatic heterocycles. The molecule has 0 amide bonds. The minimum Gasteiger partial charge on any atom is -0.469 e. The number of anilines is 2. The molecule has 21 heavy (non-hydrogen) atoms. The zero-order valence-corrected chi connectivity index (χ0v) is 13.5. The third-order valence-corrected chi connectivity index (χ3v) is 3.59. The highest BCUT2D eigenvalue weighted by atomic mass is 32.1. The van der Waals surface area contributed by atoms with Crippen molar-refractivity contribution in [3.63, 3.8) is 0 Å². The van der Waals surface area contributed by atoms with E-state index in [-0.39, 0.29) is 0 Å². The Kier molecular flexibility index (Phi) is 6.22. The number of nitrogens with zero attached hydrogens (tertiary/aromatic N) is 2. The number of rotatable bonds is 5. The molecule has 0 unspecified atom stereocenters. The monoisotopic (exact) mass is 309 g/mol. The number of nitrogens with one attached hydrogen (secondary N) is 1. The van der Waals surface area contributed by atoms with Gasteiger partial charge in [-0.3, -0.25) is 4.90 Å². The molecule has 6 heteroatoms. The Morgan fingerprint density at radius 3 is 2.57 bits per heavy atom. The van der Waals surface area contributed by atoms with E-state index in [1.807, 2.05) is 38.4 Å². The van der Waals surface area contributed by atoms with Crippen molar-refractivity contribution in [2.45, 2.75) is 0 Å². The highest BCUT2D eigenvalue weighted by Crippen LogP contribution is 2.15. The minimum absolute atomic E-state index is 0.417. The topological polar surface area (TPSA) is 37.0 Å². The largest absolute Gasteiger partial charge is 0.469 e. The molecule has 5 nitrogen and oxygen atoms in total. The molecule has 0 radical (unpaired) electrons. The maximum Gasteiger partial charge on any atom is 0.261 e. The summed E-state index contributed by atoms with van der Waals surface area (Å²) in [5.41, 5.74) is 2.09. The van der Waals surface area contributed by atoms with Crippen LogP contribution in [0.15, 0.2) is 24.3 Å². The van der Waals surface area contributed by atoms with Crippen molar-refractivity contribution in [3.05, 3.63) is 24.3 Å². The van der Waals surface area contributed by atoms with Crippen molar-refractivity contribution >= 4 is 28.8 Å². The standard InChI is InChI=1S/C15H23N3O2S/c1-17(2)14-5-3-13(4-6-14)16-15(21)20-12-9-18-7-10-19-11-8-18/h3-6H,7-12H2,1-2H3,(H,16,21). The number of hydrogen-bond donors (Lipinski definition) is 1. The van der Waals surface area contributed by atoms with Gasteiger partial charge in [0.2, 0.25) is 0 Å². The number of hydrogen-bond acceptors (Lipinski definition) is 5. The molecule has 0 atom stereocenters. The van der Waals surface area contributed by atoms with Crippen molar-refractivity contribution < 1.29 is 9.47 Å². The van der Waals surface area contributed by atoms with Crippen LogP contribution in [0.3, 0.4) is 0 Å². The Labute approximate surface area is 131 Å². The molecule has 1 saturated heterocycles. The van der Waals surface area contributed by atoms with Gasteiger partial charge in [0.1, 0.15) is 6.61 Å². The summed E-state index contributed by atoms with van der Waals surface area (Å²) >= 11 is 5.20. The maximum atomic E-state index is 5.55. The van der Waals surface area contributed by atoms with Crippen LogP contribution in [-0.2, 0) is 9.47 Å². The molecular formula is C15H23N3O2S. The average molecular weight is 309 g/mol. The van der Waals surface area contributed by atoms with Gasteiger partial charge in [-0.25, -0.2) is 0 Å². The summed E-state index contributed by atoms with van der Waals surface area (Å²) in [6, 6.07) is 8.07. The molecule has 116 valence electrons. The average Bonchev–Trinajstić information content (AvgIpc) is 2.49. The SMILES string of the molecule is CN(C)c1ccc(NC(=S)OCCN2CCOCC2)cc1. The van der Waals surface area contributed by atoms with Gasteiger partial charge in [-0.15, -0.1) is 0 Å². The van der Waals surface area contributed by atoms with Crippen molar-refractivity contribution in [1.82, 2.24) is 4.90 Å². The van der Waals surface area contributed by atoms with Crippen LogP contribution < -0.4 is 10.2 Å². The van der Waals surface area contributed by atoms with Crippen LogP contribution in [0.1, 0.15) is 0 Å². The predicted octanol–water partition coefficient (Wildman–Crippen LogP) is 1.80. The minimum atomic E-state index is 0.417. The highest BCUT2D eigenvalue weighted by Gasteiger charge is 2.10. The van der Waals surface area contributed by atoms with Gasteiger partial charge in [-0.2, -0.15) is 0 Å². The zero-order valence-electron chi connectivity index (χ0n) is 12.7. The molecule has 1 aromatic rings. The fourth-order valence-corrected chi connectivity index (χ4v) is 2.29. The molecule has 1 aliphatic heterocycles. The second kappa shape index (κ2) is 8.17. The smallest absolute Gasteiger partial charge is 0.261 e. The molecule has 1 N–H and O–H groups in total. The van der Waals surface area contributed by atoms with E-state index in [4.69, 9.17) is 21.7 Å². The van der Waals surface area contributed by atoms with E-state index >= 15 is 0 Å². The first-order chi connectivity index (χ1) is 10.1. The van der Waals surface area contributed by atoms with Crippen LogP contribution in [-0.4, -0.2) is 63.6 Å². The molecule has 0 aliphatic carbocycles. The summed E-state index contributed by atoms with van der Waals surface area (Å²) in [5, 5.41) is 3.51. The summed E-state index contributed by atoms with van der Waals surface area (Å²) in [6.45, 7) is 5.03. The summed E-state index contributed by atoms with van der Waals surface area (Å²) in [6.07, 6.45) is 0.